The molecule has 0 fully saturated rings. The predicted octanol–water partition coefficient (Wildman–Crippen LogP) is 4.36. The molecule has 1 aromatic carbocycles. The molecular weight excluding hydrogens is 444 g/mol. The maximum atomic E-state index is 12.2. The van der Waals surface area contributed by atoms with Gasteiger partial charge in [-0.25, -0.2) is 14.8 Å². The largest absolute Gasteiger partial charge is 0.464 e. The van der Waals surface area contributed by atoms with Crippen molar-refractivity contribution in [2.75, 3.05) is 0 Å². The first kappa shape index (κ1) is 18.6. The molecule has 132 valence electrons. The zero-order chi connectivity index (χ0) is 18.5. The molecule has 0 aliphatic rings. The Morgan fingerprint density at radius 3 is 2.77 bits per heavy atom. The summed E-state index contributed by atoms with van der Waals surface area (Å²) in [5.41, 5.74) is -0.332. The number of thioether (sulfide) groups is 1. The van der Waals surface area contributed by atoms with E-state index in [2.05, 4.69) is 25.9 Å². The normalized spacial score (nSPS) is 10.5. The maximum absolute atomic E-state index is 12.2. The number of esters is 1. The maximum Gasteiger partial charge on any atom is 0.345 e. The van der Waals surface area contributed by atoms with Crippen molar-refractivity contribution in [1.29, 1.82) is 0 Å². The van der Waals surface area contributed by atoms with Gasteiger partial charge in [-0.05, 0) is 24.3 Å². The van der Waals surface area contributed by atoms with Gasteiger partial charge in [0.25, 0.3) is 0 Å². The molecule has 0 amide bonds. The van der Waals surface area contributed by atoms with Crippen LogP contribution in [0.4, 0.5) is 0 Å². The molecule has 0 atom stereocenters. The average Bonchev–Trinajstić information content (AvgIpc) is 2.64. The summed E-state index contributed by atoms with van der Waals surface area (Å²) in [4.78, 5) is 32.5. The van der Waals surface area contributed by atoms with Crippen LogP contribution >= 0.6 is 39.3 Å². The van der Waals surface area contributed by atoms with Gasteiger partial charge in [-0.1, -0.05) is 39.3 Å². The Hall–Kier alpha value is -2.16. The van der Waals surface area contributed by atoms with E-state index in [1.165, 1.54) is 23.9 Å². The number of halogens is 2. The Morgan fingerprint density at radius 1 is 1.27 bits per heavy atom. The van der Waals surface area contributed by atoms with Crippen LogP contribution in [0, 0.1) is 0 Å². The van der Waals surface area contributed by atoms with Crippen LogP contribution in [0.15, 0.2) is 67.8 Å². The van der Waals surface area contributed by atoms with Crippen molar-refractivity contribution in [2.45, 2.75) is 10.9 Å². The van der Waals surface area contributed by atoms with Gasteiger partial charge in [0.2, 0.25) is 11.2 Å². The van der Waals surface area contributed by atoms with E-state index >= 15 is 0 Å². The molecule has 0 saturated heterocycles. The van der Waals surface area contributed by atoms with Crippen molar-refractivity contribution < 1.29 is 13.9 Å². The summed E-state index contributed by atoms with van der Waals surface area (Å²) in [6.07, 6.45) is 4.36. The lowest BCUT2D eigenvalue weighted by Gasteiger charge is -2.06. The van der Waals surface area contributed by atoms with Crippen molar-refractivity contribution in [3.63, 3.8) is 0 Å². The molecule has 0 spiro atoms. The highest BCUT2D eigenvalue weighted by Crippen LogP contribution is 2.23. The van der Waals surface area contributed by atoms with Crippen molar-refractivity contribution in [3.8, 4) is 5.75 Å². The number of carbonyl (C=O) groups is 1. The first-order chi connectivity index (χ1) is 12.5. The lowest BCUT2D eigenvalue weighted by atomic mass is 10.2. The number of benzene rings is 1. The minimum absolute atomic E-state index is 0.140. The number of aromatic nitrogens is 2. The van der Waals surface area contributed by atoms with E-state index < -0.39 is 11.4 Å². The molecule has 3 aromatic rings. The topological polar surface area (TPSA) is 82.3 Å². The number of nitrogens with zero attached hydrogens (tertiary/aromatic N) is 2. The fourth-order valence-electron chi connectivity index (χ4n) is 1.89. The van der Waals surface area contributed by atoms with E-state index in [1.807, 2.05) is 0 Å². The number of rotatable bonds is 5. The van der Waals surface area contributed by atoms with Gasteiger partial charge >= 0.3 is 5.97 Å². The first-order valence-corrected chi connectivity index (χ1v) is 9.37. The minimum atomic E-state index is -0.747. The predicted molar refractivity (Wildman–Crippen MR) is 101 cm³/mol. The summed E-state index contributed by atoms with van der Waals surface area (Å²) in [7, 11) is 0. The highest BCUT2D eigenvalue weighted by molar-refractivity contribution is 9.10. The Kier molecular flexibility index (Phi) is 6.08. The number of ether oxygens (including phenoxy) is 1. The van der Waals surface area contributed by atoms with Crippen molar-refractivity contribution in [2.24, 2.45) is 0 Å². The van der Waals surface area contributed by atoms with Gasteiger partial charge in [0.05, 0.1) is 16.3 Å². The van der Waals surface area contributed by atoms with E-state index in [0.717, 1.165) is 6.26 Å². The highest BCUT2D eigenvalue weighted by atomic mass is 79.9. The van der Waals surface area contributed by atoms with Gasteiger partial charge in [0.1, 0.15) is 12.0 Å². The molecule has 2 aromatic heterocycles. The molecular formula is C17H10BrClN2O4S. The second kappa shape index (κ2) is 8.48. The molecule has 2 heterocycles. The summed E-state index contributed by atoms with van der Waals surface area (Å²) < 4.78 is 11.1. The van der Waals surface area contributed by atoms with Crippen LogP contribution in [-0.4, -0.2) is 15.9 Å². The minimum Gasteiger partial charge on any atom is -0.464 e. The van der Waals surface area contributed by atoms with Crippen molar-refractivity contribution in [3.05, 3.63) is 80.0 Å². The first-order valence-electron chi connectivity index (χ1n) is 7.21. The third-order valence-corrected chi connectivity index (χ3v) is 4.81. The molecule has 0 N–H and O–H groups in total. The van der Waals surface area contributed by atoms with Crippen LogP contribution in [0.2, 0.25) is 5.02 Å². The van der Waals surface area contributed by atoms with Crippen LogP contribution in [-0.2, 0) is 5.75 Å². The summed E-state index contributed by atoms with van der Waals surface area (Å²) in [5, 5.41) is 0.786. The lowest BCUT2D eigenvalue weighted by Crippen LogP contribution is -2.15. The third kappa shape index (κ3) is 4.72. The zero-order valence-electron chi connectivity index (χ0n) is 13.0. The van der Waals surface area contributed by atoms with Gasteiger partial charge in [-0.15, -0.1) is 0 Å². The van der Waals surface area contributed by atoms with E-state index in [-0.39, 0.29) is 16.3 Å². The Morgan fingerprint density at radius 2 is 2.04 bits per heavy atom. The van der Waals surface area contributed by atoms with Crippen molar-refractivity contribution >= 4 is 45.3 Å². The highest BCUT2D eigenvalue weighted by Gasteiger charge is 2.16. The average molecular weight is 454 g/mol. The molecule has 0 unspecified atom stereocenters. The second-order valence-electron chi connectivity index (χ2n) is 4.91. The van der Waals surface area contributed by atoms with Gasteiger partial charge in [-0.3, -0.25) is 4.79 Å². The third-order valence-electron chi connectivity index (χ3n) is 3.09. The Labute approximate surface area is 165 Å². The van der Waals surface area contributed by atoms with Gasteiger partial charge in [-0.2, -0.15) is 0 Å². The van der Waals surface area contributed by atoms with Crippen molar-refractivity contribution in [1.82, 2.24) is 9.97 Å². The molecule has 3 rings (SSSR count). The van der Waals surface area contributed by atoms with Crippen LogP contribution in [0.25, 0.3) is 0 Å². The number of hydrogen-bond acceptors (Lipinski definition) is 7. The fourth-order valence-corrected chi connectivity index (χ4v) is 3.14. The molecule has 0 aliphatic heterocycles. The monoisotopic (exact) mass is 452 g/mol. The van der Waals surface area contributed by atoms with Crippen LogP contribution < -0.4 is 10.2 Å². The smallest absolute Gasteiger partial charge is 0.345 e. The summed E-state index contributed by atoms with van der Waals surface area (Å²) in [6.45, 7) is 0. The lowest BCUT2D eigenvalue weighted by molar-refractivity contribution is 0.0729. The summed E-state index contributed by atoms with van der Waals surface area (Å²) in [5.74, 6) is -0.183. The van der Waals surface area contributed by atoms with Gasteiger partial charge in [0.15, 0.2) is 5.16 Å². The zero-order valence-corrected chi connectivity index (χ0v) is 16.2. The van der Waals surface area contributed by atoms with Gasteiger partial charge < -0.3 is 9.15 Å². The Balaban J connectivity index is 1.70. The fraction of sp³-hybridized carbons (Fsp3) is 0.0588. The van der Waals surface area contributed by atoms with E-state index in [0.29, 0.717) is 21.1 Å². The SMILES string of the molecule is O=C(Oc1coc(CSc2ncccn2)cc1=O)c1cc(Br)ccc1Cl. The van der Waals surface area contributed by atoms with Crippen LogP contribution in [0.1, 0.15) is 16.1 Å². The standard InChI is InChI=1S/C17H10BrClN2O4S/c18-10-2-3-13(19)12(6-10)16(23)25-15-8-24-11(7-14(15)22)9-26-17-20-4-1-5-21-17/h1-8H,9H2. The molecule has 9 heteroatoms. The molecule has 26 heavy (non-hydrogen) atoms. The second-order valence-corrected chi connectivity index (χ2v) is 7.17. The van der Waals surface area contributed by atoms with Crippen LogP contribution in [0.3, 0.4) is 0 Å². The molecule has 6 nitrogen and oxygen atoms in total. The molecule has 0 bridgehead atoms. The molecule has 0 saturated carbocycles. The molecule has 0 radical (unpaired) electrons. The summed E-state index contributed by atoms with van der Waals surface area (Å²) >= 11 is 10.6. The van der Waals surface area contributed by atoms with E-state index in [1.54, 1.807) is 30.6 Å². The number of carbonyl (C=O) groups excluding carboxylic acids is 1. The number of hydrogen-bond donors (Lipinski definition) is 0. The quantitative estimate of drug-likeness (QED) is 0.322. The van der Waals surface area contributed by atoms with E-state index in [9.17, 15) is 9.59 Å². The summed E-state index contributed by atoms with van der Waals surface area (Å²) in [6, 6.07) is 7.73. The van der Waals surface area contributed by atoms with Crippen LogP contribution in [0.5, 0.6) is 5.75 Å². The van der Waals surface area contributed by atoms with E-state index in [4.69, 9.17) is 20.8 Å². The molecule has 0 aliphatic carbocycles. The van der Waals surface area contributed by atoms with Gasteiger partial charge in [0, 0.05) is 22.9 Å². The Bertz CT molecular complexity index is 998.